The molecule has 11 heteroatoms. The summed E-state index contributed by atoms with van der Waals surface area (Å²) in [6, 6.07) is 8.08. The summed E-state index contributed by atoms with van der Waals surface area (Å²) in [7, 11) is 0. The van der Waals surface area contributed by atoms with Crippen molar-refractivity contribution in [1.29, 1.82) is 0 Å². The first-order valence-corrected chi connectivity index (χ1v) is 8.80. The second kappa shape index (κ2) is 7.41. The van der Waals surface area contributed by atoms with Crippen LogP contribution in [0.3, 0.4) is 0 Å². The van der Waals surface area contributed by atoms with Crippen LogP contribution in [0, 0.1) is 0 Å². The van der Waals surface area contributed by atoms with Crippen molar-refractivity contribution in [3.8, 4) is 5.75 Å². The van der Waals surface area contributed by atoms with E-state index in [1.807, 2.05) is 0 Å². The highest BCUT2D eigenvalue weighted by atomic mass is 35.5. The van der Waals surface area contributed by atoms with Crippen molar-refractivity contribution >= 4 is 56.0 Å². The number of ether oxygens (including phenoxy) is 1. The van der Waals surface area contributed by atoms with Gasteiger partial charge in [0.2, 0.25) is 6.10 Å². The lowest BCUT2D eigenvalue weighted by molar-refractivity contribution is -0.197. The molecule has 0 aliphatic carbocycles. The first kappa shape index (κ1) is 19.5. The molecule has 1 aromatic heterocycles. The molecule has 1 atom stereocenters. The lowest BCUT2D eigenvalue weighted by Gasteiger charge is -2.24. The molecule has 0 aliphatic heterocycles. The molecule has 0 radical (unpaired) electrons. The lowest BCUT2D eigenvalue weighted by Crippen LogP contribution is -2.26. The fraction of sp³-hybridized carbons (Fsp3) is 0.125. The predicted molar refractivity (Wildman–Crippen MR) is 97.2 cm³/mol. The smallest absolute Gasteiger partial charge is 0.429 e. The van der Waals surface area contributed by atoms with Crippen molar-refractivity contribution in [2.75, 3.05) is 5.32 Å². The van der Waals surface area contributed by atoms with E-state index in [4.69, 9.17) is 33.0 Å². The van der Waals surface area contributed by atoms with Crippen molar-refractivity contribution in [3.63, 3.8) is 0 Å². The Morgan fingerprint density at radius 2 is 1.89 bits per heavy atom. The van der Waals surface area contributed by atoms with Gasteiger partial charge < -0.3 is 9.84 Å². The Bertz CT molecular complexity index is 990. The first-order chi connectivity index (χ1) is 12.6. The third-order valence-electron chi connectivity index (χ3n) is 3.39. The molecule has 5 nitrogen and oxygen atoms in total. The number of thiazole rings is 1. The molecule has 27 heavy (non-hydrogen) atoms. The molecule has 3 aromatic rings. The quantitative estimate of drug-likeness (QED) is 0.497. The minimum atomic E-state index is -4.77. The molecule has 0 aliphatic rings. The van der Waals surface area contributed by atoms with Gasteiger partial charge in [-0.25, -0.2) is 9.78 Å². The number of alkyl halides is 3. The molecule has 0 saturated carbocycles. The molecule has 0 saturated heterocycles. The number of aromatic nitrogens is 1. The first-order valence-electron chi connectivity index (χ1n) is 7.23. The topological polar surface area (TPSA) is 71.5 Å². The van der Waals surface area contributed by atoms with Crippen LogP contribution in [0.2, 0.25) is 10.0 Å². The van der Waals surface area contributed by atoms with Crippen LogP contribution in [0.5, 0.6) is 5.75 Å². The standard InChI is InChI=1S/C16H9Cl2F3N2O3S/c17-8-2-1-3-9(18)12(8)13(16(19,20)21)26-7-4-5-10-11(6-7)27-14(22-10)23-15(24)25/h1-6,13H,(H,22,23)(H,24,25). The van der Waals surface area contributed by atoms with Crippen LogP contribution < -0.4 is 10.1 Å². The Labute approximate surface area is 164 Å². The molecule has 0 bridgehead atoms. The molecule has 3 rings (SSSR count). The molecule has 142 valence electrons. The average molecular weight is 437 g/mol. The van der Waals surface area contributed by atoms with Crippen LogP contribution in [-0.4, -0.2) is 22.4 Å². The number of carbonyl (C=O) groups is 1. The minimum absolute atomic E-state index is 0.0914. The third kappa shape index (κ3) is 4.37. The number of fused-ring (bicyclic) bond motifs is 1. The van der Waals surface area contributed by atoms with Gasteiger partial charge in [0.1, 0.15) is 5.75 Å². The van der Waals surface area contributed by atoms with E-state index in [9.17, 15) is 18.0 Å². The minimum Gasteiger partial charge on any atom is -0.476 e. The zero-order valence-electron chi connectivity index (χ0n) is 13.1. The molecule has 1 unspecified atom stereocenters. The monoisotopic (exact) mass is 436 g/mol. The second-order valence-corrected chi connectivity index (χ2v) is 7.10. The summed E-state index contributed by atoms with van der Waals surface area (Å²) < 4.78 is 46.4. The van der Waals surface area contributed by atoms with Crippen molar-refractivity contribution in [3.05, 3.63) is 52.0 Å². The van der Waals surface area contributed by atoms with Crippen molar-refractivity contribution in [1.82, 2.24) is 4.98 Å². The highest BCUT2D eigenvalue weighted by Gasteiger charge is 2.45. The highest BCUT2D eigenvalue weighted by molar-refractivity contribution is 7.22. The number of rotatable bonds is 4. The van der Waals surface area contributed by atoms with E-state index in [0.717, 1.165) is 11.3 Å². The normalized spacial score (nSPS) is 12.8. The lowest BCUT2D eigenvalue weighted by atomic mass is 10.1. The largest absolute Gasteiger partial charge is 0.476 e. The van der Waals surface area contributed by atoms with E-state index in [1.54, 1.807) is 0 Å². The van der Waals surface area contributed by atoms with Crippen LogP contribution in [0.15, 0.2) is 36.4 Å². The Morgan fingerprint density at radius 1 is 1.22 bits per heavy atom. The summed E-state index contributed by atoms with van der Waals surface area (Å²) in [6.07, 6.45) is -8.44. The number of hydrogen-bond donors (Lipinski definition) is 2. The van der Waals surface area contributed by atoms with Crippen molar-refractivity contribution < 1.29 is 27.8 Å². The summed E-state index contributed by atoms with van der Waals surface area (Å²) in [5.41, 5.74) is 0.0291. The average Bonchev–Trinajstić information content (AvgIpc) is 2.93. The van der Waals surface area contributed by atoms with Gasteiger partial charge in [-0.05, 0) is 30.3 Å². The van der Waals surface area contributed by atoms with Crippen molar-refractivity contribution in [2.45, 2.75) is 12.3 Å². The maximum Gasteiger partial charge on any atom is 0.429 e. The van der Waals surface area contributed by atoms with Gasteiger partial charge in [0, 0.05) is 15.6 Å². The van der Waals surface area contributed by atoms with E-state index >= 15 is 0 Å². The van der Waals surface area contributed by atoms with E-state index in [-0.39, 0.29) is 26.5 Å². The maximum atomic E-state index is 13.6. The molecule has 0 fully saturated rings. The fourth-order valence-electron chi connectivity index (χ4n) is 2.31. The number of benzene rings is 2. The fourth-order valence-corrected chi connectivity index (χ4v) is 3.79. The van der Waals surface area contributed by atoms with E-state index in [2.05, 4.69) is 10.3 Å². The van der Waals surface area contributed by atoms with Crippen LogP contribution in [0.25, 0.3) is 10.2 Å². The van der Waals surface area contributed by atoms with Crippen LogP contribution >= 0.6 is 34.5 Å². The van der Waals surface area contributed by atoms with Gasteiger partial charge >= 0.3 is 12.3 Å². The molecular weight excluding hydrogens is 428 g/mol. The second-order valence-electron chi connectivity index (χ2n) is 5.25. The van der Waals surface area contributed by atoms with Crippen LogP contribution in [0.1, 0.15) is 11.7 Å². The zero-order valence-corrected chi connectivity index (χ0v) is 15.4. The van der Waals surface area contributed by atoms with Gasteiger partial charge in [0.15, 0.2) is 5.13 Å². The van der Waals surface area contributed by atoms with Crippen LogP contribution in [-0.2, 0) is 0 Å². The Kier molecular flexibility index (Phi) is 5.36. The van der Waals surface area contributed by atoms with Gasteiger partial charge in [-0.3, -0.25) is 5.32 Å². The number of nitrogens with zero attached hydrogens (tertiary/aromatic N) is 1. The van der Waals surface area contributed by atoms with Crippen LogP contribution in [0.4, 0.5) is 23.1 Å². The predicted octanol–water partition coefficient (Wildman–Crippen LogP) is 6.38. The Hall–Kier alpha value is -2.23. The number of nitrogens with one attached hydrogen (secondary N) is 1. The van der Waals surface area contributed by atoms with Gasteiger partial charge in [0.05, 0.1) is 10.2 Å². The maximum absolute atomic E-state index is 13.6. The van der Waals surface area contributed by atoms with Gasteiger partial charge in [0.25, 0.3) is 0 Å². The summed E-state index contributed by atoms with van der Waals surface area (Å²) in [6.45, 7) is 0. The highest BCUT2D eigenvalue weighted by Crippen LogP contribution is 2.43. The summed E-state index contributed by atoms with van der Waals surface area (Å²) in [5, 5.41) is 10.6. The number of anilines is 1. The molecule has 1 heterocycles. The SMILES string of the molecule is O=C(O)Nc1nc2ccc(OC(c3c(Cl)cccc3Cl)C(F)(F)F)cc2s1. The van der Waals surface area contributed by atoms with E-state index in [0.29, 0.717) is 10.2 Å². The molecule has 2 aromatic carbocycles. The molecule has 2 N–H and O–H groups in total. The van der Waals surface area contributed by atoms with Gasteiger partial charge in [-0.2, -0.15) is 13.2 Å². The van der Waals surface area contributed by atoms with Gasteiger partial charge in [-0.1, -0.05) is 40.6 Å². The van der Waals surface area contributed by atoms with E-state index < -0.39 is 18.4 Å². The Morgan fingerprint density at radius 3 is 2.48 bits per heavy atom. The summed E-state index contributed by atoms with van der Waals surface area (Å²) in [4.78, 5) is 14.7. The number of hydrogen-bond acceptors (Lipinski definition) is 4. The number of carboxylic acid groups (broad SMARTS) is 1. The number of amides is 1. The molecule has 0 spiro atoms. The van der Waals surface area contributed by atoms with Gasteiger partial charge in [-0.15, -0.1) is 0 Å². The third-order valence-corrected chi connectivity index (χ3v) is 4.98. The Balaban J connectivity index is 1.98. The molecular formula is C16H9Cl2F3N2O3S. The van der Waals surface area contributed by atoms with E-state index in [1.165, 1.54) is 36.4 Å². The zero-order chi connectivity index (χ0) is 19.8. The number of halogens is 5. The summed E-state index contributed by atoms with van der Waals surface area (Å²) in [5.74, 6) is -0.0914. The molecule has 1 amide bonds. The summed E-state index contributed by atoms with van der Waals surface area (Å²) >= 11 is 12.8. The van der Waals surface area contributed by atoms with Crippen molar-refractivity contribution in [2.24, 2.45) is 0 Å².